The van der Waals surface area contributed by atoms with Crippen LogP contribution in [0.4, 0.5) is 5.82 Å². The second kappa shape index (κ2) is 8.29. The summed E-state index contributed by atoms with van der Waals surface area (Å²) in [6, 6.07) is 5.88. The fraction of sp³-hybridized carbons (Fsp3) is 0.611. The van der Waals surface area contributed by atoms with Gasteiger partial charge >= 0.3 is 5.97 Å². The van der Waals surface area contributed by atoms with E-state index in [0.717, 1.165) is 32.0 Å². The van der Waals surface area contributed by atoms with Gasteiger partial charge in [0.05, 0.1) is 0 Å². The van der Waals surface area contributed by atoms with Crippen LogP contribution in [0, 0.1) is 5.92 Å². The Bertz CT molecular complexity index is 585. The van der Waals surface area contributed by atoms with Crippen LogP contribution >= 0.6 is 0 Å². The summed E-state index contributed by atoms with van der Waals surface area (Å²) in [7, 11) is 0. The van der Waals surface area contributed by atoms with Gasteiger partial charge in [-0.25, -0.2) is 9.78 Å². The minimum absolute atomic E-state index is 0.184. The van der Waals surface area contributed by atoms with Gasteiger partial charge in [0, 0.05) is 45.3 Å². The fourth-order valence-corrected chi connectivity index (χ4v) is 2.80. The highest BCUT2D eigenvalue weighted by Crippen LogP contribution is 2.17. The maximum Gasteiger partial charge on any atom is 0.329 e. The molecule has 1 unspecified atom stereocenters. The van der Waals surface area contributed by atoms with Crippen LogP contribution in [-0.2, 0) is 9.59 Å². The average Bonchev–Trinajstić information content (AvgIpc) is 2.60. The van der Waals surface area contributed by atoms with E-state index in [-0.39, 0.29) is 11.8 Å². The van der Waals surface area contributed by atoms with Gasteiger partial charge in [-0.05, 0) is 25.0 Å². The number of nitrogens with zero attached hydrogens (tertiary/aromatic N) is 3. The number of amides is 1. The fourth-order valence-electron chi connectivity index (χ4n) is 2.80. The molecule has 0 aromatic carbocycles. The molecule has 7 nitrogen and oxygen atoms in total. The van der Waals surface area contributed by atoms with Crippen molar-refractivity contribution in [3.05, 3.63) is 24.4 Å². The van der Waals surface area contributed by atoms with Crippen molar-refractivity contribution >= 4 is 17.7 Å². The quantitative estimate of drug-likeness (QED) is 0.770. The minimum Gasteiger partial charge on any atom is -0.480 e. The van der Waals surface area contributed by atoms with Crippen LogP contribution < -0.4 is 10.2 Å². The summed E-state index contributed by atoms with van der Waals surface area (Å²) in [6.07, 6.45) is 2.10. The van der Waals surface area contributed by atoms with Gasteiger partial charge in [0.1, 0.15) is 11.4 Å². The number of piperazine rings is 1. The number of carboxylic acid groups (broad SMARTS) is 1. The van der Waals surface area contributed by atoms with E-state index in [4.69, 9.17) is 0 Å². The van der Waals surface area contributed by atoms with Gasteiger partial charge in [0.25, 0.3) is 0 Å². The van der Waals surface area contributed by atoms with Crippen LogP contribution in [0.3, 0.4) is 0 Å². The third-order valence-corrected chi connectivity index (χ3v) is 5.00. The normalized spacial score (nSPS) is 18.0. The lowest BCUT2D eigenvalue weighted by Crippen LogP contribution is -2.56. The smallest absolute Gasteiger partial charge is 0.329 e. The number of rotatable bonds is 7. The monoisotopic (exact) mass is 348 g/mol. The molecule has 0 saturated carbocycles. The molecule has 1 atom stereocenters. The second-order valence-corrected chi connectivity index (χ2v) is 6.98. The van der Waals surface area contributed by atoms with Gasteiger partial charge in [-0.3, -0.25) is 9.69 Å². The zero-order valence-corrected chi connectivity index (χ0v) is 15.2. The zero-order chi connectivity index (χ0) is 18.4. The third kappa shape index (κ3) is 4.92. The summed E-state index contributed by atoms with van der Waals surface area (Å²) in [5, 5.41) is 12.1. The summed E-state index contributed by atoms with van der Waals surface area (Å²) in [6.45, 7) is 9.26. The van der Waals surface area contributed by atoms with E-state index in [2.05, 4.69) is 20.1 Å². The number of carbonyl (C=O) groups is 2. The Kier molecular flexibility index (Phi) is 6.36. The van der Waals surface area contributed by atoms with E-state index in [1.807, 2.05) is 18.2 Å². The van der Waals surface area contributed by atoms with Crippen molar-refractivity contribution in [1.29, 1.82) is 0 Å². The molecule has 1 saturated heterocycles. The van der Waals surface area contributed by atoms with Crippen molar-refractivity contribution in [3.8, 4) is 0 Å². The first-order chi connectivity index (χ1) is 11.8. The standard InChI is InChI=1S/C18H28N4O3/c1-14(2)18(3,17(24)25)20-16(23)7-9-21-10-12-22(13-11-21)15-6-4-5-8-19-15/h4-6,8,14H,7,9-13H2,1-3H3,(H,20,23)(H,24,25). The molecule has 0 aliphatic carbocycles. The Balaban J connectivity index is 1.77. The molecule has 0 radical (unpaired) electrons. The van der Waals surface area contributed by atoms with E-state index in [9.17, 15) is 14.7 Å². The lowest BCUT2D eigenvalue weighted by atomic mass is 9.88. The van der Waals surface area contributed by atoms with Crippen molar-refractivity contribution < 1.29 is 14.7 Å². The topological polar surface area (TPSA) is 85.8 Å². The van der Waals surface area contributed by atoms with Gasteiger partial charge < -0.3 is 15.3 Å². The highest BCUT2D eigenvalue weighted by atomic mass is 16.4. The summed E-state index contributed by atoms with van der Waals surface area (Å²) < 4.78 is 0. The van der Waals surface area contributed by atoms with Crippen LogP contribution in [0.25, 0.3) is 0 Å². The predicted molar refractivity (Wildman–Crippen MR) is 96.5 cm³/mol. The number of pyridine rings is 1. The van der Waals surface area contributed by atoms with Crippen molar-refractivity contribution in [1.82, 2.24) is 15.2 Å². The van der Waals surface area contributed by atoms with Crippen LogP contribution in [-0.4, -0.2) is 65.1 Å². The average molecular weight is 348 g/mol. The second-order valence-electron chi connectivity index (χ2n) is 6.98. The lowest BCUT2D eigenvalue weighted by molar-refractivity contribution is -0.149. The van der Waals surface area contributed by atoms with Gasteiger partial charge in [-0.1, -0.05) is 19.9 Å². The lowest BCUT2D eigenvalue weighted by Gasteiger charge is -2.35. The van der Waals surface area contributed by atoms with E-state index in [1.165, 1.54) is 0 Å². The number of carboxylic acids is 1. The van der Waals surface area contributed by atoms with Crippen LogP contribution in [0.15, 0.2) is 24.4 Å². The maximum atomic E-state index is 12.2. The first-order valence-corrected chi connectivity index (χ1v) is 8.75. The van der Waals surface area contributed by atoms with E-state index in [0.29, 0.717) is 13.0 Å². The van der Waals surface area contributed by atoms with Crippen molar-refractivity contribution in [2.45, 2.75) is 32.7 Å². The molecule has 7 heteroatoms. The van der Waals surface area contributed by atoms with Crippen LogP contribution in [0.2, 0.25) is 0 Å². The first kappa shape index (κ1) is 19.2. The third-order valence-electron chi connectivity index (χ3n) is 5.00. The van der Waals surface area contributed by atoms with E-state index < -0.39 is 11.5 Å². The Morgan fingerprint density at radius 1 is 1.28 bits per heavy atom. The molecule has 138 valence electrons. The molecule has 1 aliphatic heterocycles. The molecular weight excluding hydrogens is 320 g/mol. The van der Waals surface area contributed by atoms with Gasteiger partial charge in [-0.2, -0.15) is 0 Å². The van der Waals surface area contributed by atoms with Crippen LogP contribution in [0.5, 0.6) is 0 Å². The number of nitrogens with one attached hydrogen (secondary N) is 1. The zero-order valence-electron chi connectivity index (χ0n) is 15.2. The number of hydrogen-bond donors (Lipinski definition) is 2. The molecule has 2 N–H and O–H groups in total. The van der Waals surface area contributed by atoms with Gasteiger partial charge in [0.15, 0.2) is 0 Å². The Morgan fingerprint density at radius 2 is 1.96 bits per heavy atom. The van der Waals surface area contributed by atoms with Gasteiger partial charge in [-0.15, -0.1) is 0 Å². The predicted octanol–water partition coefficient (Wildman–Crippen LogP) is 1.21. The van der Waals surface area contributed by atoms with Crippen molar-refractivity contribution in [2.75, 3.05) is 37.6 Å². The van der Waals surface area contributed by atoms with E-state index >= 15 is 0 Å². The van der Waals surface area contributed by atoms with E-state index in [1.54, 1.807) is 27.0 Å². The molecule has 0 bridgehead atoms. The molecule has 1 aromatic rings. The molecule has 1 amide bonds. The highest BCUT2D eigenvalue weighted by molar-refractivity contribution is 5.86. The molecule has 2 rings (SSSR count). The van der Waals surface area contributed by atoms with Crippen LogP contribution in [0.1, 0.15) is 27.2 Å². The molecule has 2 heterocycles. The summed E-state index contributed by atoms with van der Waals surface area (Å²) in [4.78, 5) is 32.4. The van der Waals surface area contributed by atoms with Gasteiger partial charge in [0.2, 0.25) is 5.91 Å². The van der Waals surface area contributed by atoms with Crippen molar-refractivity contribution in [3.63, 3.8) is 0 Å². The highest BCUT2D eigenvalue weighted by Gasteiger charge is 2.38. The molecule has 1 aliphatic rings. The molecule has 1 fully saturated rings. The molecular formula is C18H28N4O3. The minimum atomic E-state index is -1.23. The Labute approximate surface area is 149 Å². The summed E-state index contributed by atoms with van der Waals surface area (Å²) in [5.74, 6) is -0.421. The molecule has 25 heavy (non-hydrogen) atoms. The Morgan fingerprint density at radius 3 is 2.48 bits per heavy atom. The summed E-state index contributed by atoms with van der Waals surface area (Å²) >= 11 is 0. The first-order valence-electron chi connectivity index (χ1n) is 8.75. The summed E-state index contributed by atoms with van der Waals surface area (Å²) in [5.41, 5.74) is -1.23. The number of aromatic nitrogens is 1. The maximum absolute atomic E-state index is 12.2. The molecule has 1 aromatic heterocycles. The largest absolute Gasteiger partial charge is 0.480 e. The van der Waals surface area contributed by atoms with Crippen molar-refractivity contribution in [2.24, 2.45) is 5.92 Å². The SMILES string of the molecule is CC(C)C(C)(NC(=O)CCN1CCN(c2ccccn2)CC1)C(=O)O. The molecule has 0 spiro atoms. The number of anilines is 1. The number of hydrogen-bond acceptors (Lipinski definition) is 5. The Hall–Kier alpha value is -2.15. The number of carbonyl (C=O) groups excluding carboxylic acids is 1. The number of aliphatic carboxylic acids is 1.